The summed E-state index contributed by atoms with van der Waals surface area (Å²) in [6.45, 7) is -1.51. The van der Waals surface area contributed by atoms with E-state index in [-0.39, 0.29) is 36.2 Å². The first kappa shape index (κ1) is 26.3. The summed E-state index contributed by atoms with van der Waals surface area (Å²) in [5.41, 5.74) is -0.699. The van der Waals surface area contributed by atoms with E-state index in [1.165, 1.54) is 4.57 Å². The largest absolute Gasteiger partial charge is 0.480 e. The van der Waals surface area contributed by atoms with Gasteiger partial charge < -0.3 is 10.4 Å². The molecule has 198 valence electrons. The minimum Gasteiger partial charge on any atom is -0.480 e. The first-order valence-electron chi connectivity index (χ1n) is 12.5. The third-order valence-electron chi connectivity index (χ3n) is 7.27. The van der Waals surface area contributed by atoms with E-state index in [4.69, 9.17) is 5.11 Å². The molecule has 2 aromatic rings. The molecular formula is C24H33FN4O6S. The zero-order valence-corrected chi connectivity index (χ0v) is 21.2. The Morgan fingerprint density at radius 2 is 1.75 bits per heavy atom. The van der Waals surface area contributed by atoms with Gasteiger partial charge in [-0.1, -0.05) is 32.1 Å². The van der Waals surface area contributed by atoms with E-state index in [9.17, 15) is 22.8 Å². The molecule has 4 rings (SSSR count). The fourth-order valence-electron chi connectivity index (χ4n) is 5.41. The van der Waals surface area contributed by atoms with Crippen LogP contribution in [0.15, 0.2) is 21.7 Å². The number of halogens is 1. The summed E-state index contributed by atoms with van der Waals surface area (Å²) >= 11 is 0. The highest BCUT2D eigenvalue weighted by Gasteiger charge is 2.26. The lowest BCUT2D eigenvalue weighted by Gasteiger charge is -2.25. The maximum Gasteiger partial charge on any atom is 0.331 e. The lowest BCUT2D eigenvalue weighted by Crippen LogP contribution is -2.45. The second-order valence-electron chi connectivity index (χ2n) is 9.87. The van der Waals surface area contributed by atoms with Crippen molar-refractivity contribution in [2.24, 2.45) is 0 Å². The van der Waals surface area contributed by atoms with E-state index in [2.05, 4.69) is 5.32 Å². The minimum absolute atomic E-state index is 0.0392. The fraction of sp³-hybridized carbons (Fsp3) is 0.625. The minimum atomic E-state index is -3.89. The summed E-state index contributed by atoms with van der Waals surface area (Å²) in [6, 6.07) is 2.67. The number of carboxylic acids is 1. The van der Waals surface area contributed by atoms with Gasteiger partial charge >= 0.3 is 11.7 Å². The van der Waals surface area contributed by atoms with Crippen molar-refractivity contribution in [2.45, 2.75) is 76.4 Å². The maximum absolute atomic E-state index is 15.2. The molecule has 0 radical (unpaired) electrons. The van der Waals surface area contributed by atoms with Gasteiger partial charge in [-0.3, -0.25) is 18.7 Å². The van der Waals surface area contributed by atoms with Crippen LogP contribution in [0.3, 0.4) is 0 Å². The molecule has 1 aromatic carbocycles. The first-order chi connectivity index (χ1) is 17.1. The van der Waals surface area contributed by atoms with E-state index < -0.39 is 39.6 Å². The molecule has 2 fully saturated rings. The average Bonchev–Trinajstić information content (AvgIpc) is 3.34. The van der Waals surface area contributed by atoms with Gasteiger partial charge in [0, 0.05) is 25.2 Å². The molecule has 36 heavy (non-hydrogen) atoms. The van der Waals surface area contributed by atoms with Gasteiger partial charge in [0.2, 0.25) is 10.0 Å². The highest BCUT2D eigenvalue weighted by Crippen LogP contribution is 2.32. The quantitative estimate of drug-likeness (QED) is 0.515. The topological polar surface area (TPSA) is 131 Å². The van der Waals surface area contributed by atoms with E-state index in [0.29, 0.717) is 9.82 Å². The van der Waals surface area contributed by atoms with Crippen LogP contribution < -0.4 is 16.6 Å². The molecule has 0 bridgehead atoms. The number of nitrogens with one attached hydrogen (secondary N) is 1. The molecule has 2 aliphatic rings. The van der Waals surface area contributed by atoms with Crippen LogP contribution in [-0.4, -0.2) is 58.3 Å². The number of fused-ring (bicyclic) bond motifs is 1. The molecule has 2 N–H and O–H groups in total. The Morgan fingerprint density at radius 1 is 1.11 bits per heavy atom. The Balaban J connectivity index is 1.79. The van der Waals surface area contributed by atoms with Gasteiger partial charge in [-0.15, -0.1) is 0 Å². The van der Waals surface area contributed by atoms with Crippen LogP contribution in [0.2, 0.25) is 0 Å². The number of hydrogen-bond donors (Lipinski definition) is 2. The van der Waals surface area contributed by atoms with Crippen molar-refractivity contribution in [3.05, 3.63) is 38.8 Å². The predicted octanol–water partition coefficient (Wildman–Crippen LogP) is 2.51. The highest BCUT2D eigenvalue weighted by atomic mass is 32.2. The van der Waals surface area contributed by atoms with Crippen molar-refractivity contribution >= 4 is 32.6 Å². The molecule has 0 spiro atoms. The van der Waals surface area contributed by atoms with Gasteiger partial charge in [-0.25, -0.2) is 17.6 Å². The maximum atomic E-state index is 15.2. The van der Waals surface area contributed by atoms with Gasteiger partial charge in [0.25, 0.3) is 5.56 Å². The number of hydrogen-bond acceptors (Lipinski definition) is 6. The van der Waals surface area contributed by atoms with Crippen molar-refractivity contribution in [1.82, 2.24) is 13.4 Å². The lowest BCUT2D eigenvalue weighted by molar-refractivity contribution is -0.137. The fourth-order valence-corrected chi connectivity index (χ4v) is 6.17. The van der Waals surface area contributed by atoms with E-state index in [1.807, 2.05) is 0 Å². The van der Waals surface area contributed by atoms with Crippen molar-refractivity contribution in [3.63, 3.8) is 0 Å². The van der Waals surface area contributed by atoms with Crippen LogP contribution in [0.5, 0.6) is 0 Å². The van der Waals surface area contributed by atoms with Gasteiger partial charge in [0.05, 0.1) is 22.8 Å². The zero-order valence-electron chi connectivity index (χ0n) is 20.4. The summed E-state index contributed by atoms with van der Waals surface area (Å²) in [6.07, 6.45) is 9.35. The number of anilines is 1. The SMILES string of the molecule is CS(=O)(=O)N(CCn1c(=O)c2cc(F)c(NC3CCCCC3)cc2n(C2CCCC2)c1=O)CC(=O)O. The summed E-state index contributed by atoms with van der Waals surface area (Å²) < 4.78 is 42.3. The third-order valence-corrected chi connectivity index (χ3v) is 8.52. The summed E-state index contributed by atoms with van der Waals surface area (Å²) in [5, 5.41) is 12.4. The average molecular weight is 525 g/mol. The number of carbonyl (C=O) groups is 1. The summed E-state index contributed by atoms with van der Waals surface area (Å²) in [7, 11) is -3.89. The Bertz CT molecular complexity index is 1360. The normalized spacial score (nSPS) is 17.8. The van der Waals surface area contributed by atoms with Crippen LogP contribution in [0.25, 0.3) is 10.9 Å². The molecule has 2 aliphatic carbocycles. The number of nitrogens with zero attached hydrogens (tertiary/aromatic N) is 3. The van der Waals surface area contributed by atoms with Crippen LogP contribution in [0.4, 0.5) is 10.1 Å². The molecule has 0 saturated heterocycles. The van der Waals surface area contributed by atoms with Crippen molar-refractivity contribution in [2.75, 3.05) is 24.7 Å². The van der Waals surface area contributed by atoms with E-state index in [1.54, 1.807) is 6.07 Å². The lowest BCUT2D eigenvalue weighted by atomic mass is 9.95. The van der Waals surface area contributed by atoms with Crippen LogP contribution in [0, 0.1) is 5.82 Å². The van der Waals surface area contributed by atoms with Gasteiger partial charge in [0.1, 0.15) is 12.4 Å². The number of carboxylic acid groups (broad SMARTS) is 1. The van der Waals surface area contributed by atoms with Crippen LogP contribution in [0.1, 0.15) is 63.8 Å². The smallest absolute Gasteiger partial charge is 0.331 e. The van der Waals surface area contributed by atoms with Gasteiger partial charge in [0.15, 0.2) is 0 Å². The van der Waals surface area contributed by atoms with Crippen molar-refractivity contribution < 1.29 is 22.7 Å². The molecule has 1 aromatic heterocycles. The molecule has 10 nitrogen and oxygen atoms in total. The predicted molar refractivity (Wildman–Crippen MR) is 134 cm³/mol. The second-order valence-corrected chi connectivity index (χ2v) is 11.8. The number of sulfonamides is 1. The Kier molecular flexibility index (Phi) is 7.84. The first-order valence-corrected chi connectivity index (χ1v) is 14.3. The third kappa shape index (κ3) is 5.64. The number of rotatable bonds is 9. The zero-order chi connectivity index (χ0) is 26.0. The summed E-state index contributed by atoms with van der Waals surface area (Å²) in [5.74, 6) is -1.94. The highest BCUT2D eigenvalue weighted by molar-refractivity contribution is 7.88. The van der Waals surface area contributed by atoms with Crippen LogP contribution >= 0.6 is 0 Å². The van der Waals surface area contributed by atoms with Crippen LogP contribution in [-0.2, 0) is 21.4 Å². The number of aliphatic carboxylic acids is 1. The Labute approximate surface area is 208 Å². The summed E-state index contributed by atoms with van der Waals surface area (Å²) in [4.78, 5) is 38.1. The standard InChI is InChI=1S/C24H33FN4O6S/c1-36(34,35)27(15-22(30)31)11-12-28-23(32)18-13-19(25)20(26-16-7-3-2-4-8-16)14-21(18)29(24(28)33)17-9-5-6-10-17/h13-14,16-17,26H,2-12,15H2,1H3,(H,30,31). The molecule has 12 heteroatoms. The molecule has 0 amide bonds. The van der Waals surface area contributed by atoms with E-state index in [0.717, 1.165) is 74.7 Å². The Hall–Kier alpha value is -2.73. The molecule has 1 heterocycles. The van der Waals surface area contributed by atoms with Crippen molar-refractivity contribution in [3.8, 4) is 0 Å². The molecular weight excluding hydrogens is 491 g/mol. The second kappa shape index (κ2) is 10.7. The monoisotopic (exact) mass is 524 g/mol. The number of benzene rings is 1. The van der Waals surface area contributed by atoms with Gasteiger partial charge in [-0.05, 0) is 37.8 Å². The van der Waals surface area contributed by atoms with E-state index >= 15 is 4.39 Å². The van der Waals surface area contributed by atoms with Gasteiger partial charge in [-0.2, -0.15) is 4.31 Å². The number of aromatic nitrogens is 2. The molecule has 0 unspecified atom stereocenters. The van der Waals surface area contributed by atoms with Crippen molar-refractivity contribution in [1.29, 1.82) is 0 Å². The molecule has 2 saturated carbocycles. The Morgan fingerprint density at radius 3 is 2.36 bits per heavy atom. The molecule has 0 aliphatic heterocycles. The molecule has 0 atom stereocenters.